The number of halogens is 1. The van der Waals surface area contributed by atoms with E-state index in [-0.39, 0.29) is 6.10 Å². The second-order valence-electron chi connectivity index (χ2n) is 7.59. The number of benzene rings is 2. The van der Waals surface area contributed by atoms with Crippen molar-refractivity contribution in [3.63, 3.8) is 0 Å². The van der Waals surface area contributed by atoms with Crippen molar-refractivity contribution in [2.75, 3.05) is 25.6 Å². The maximum Gasteiger partial charge on any atom is 0.137 e. The normalized spacial score (nSPS) is 15.7. The van der Waals surface area contributed by atoms with Crippen LogP contribution in [0.5, 0.6) is 5.75 Å². The maximum atomic E-state index is 9.36. The number of nitrogens with one attached hydrogen (secondary N) is 2. The van der Waals surface area contributed by atoms with E-state index in [1.54, 1.807) is 13.2 Å². The lowest BCUT2D eigenvalue weighted by Gasteiger charge is -2.17. The minimum Gasteiger partial charge on any atom is -0.495 e. The van der Waals surface area contributed by atoms with E-state index >= 15 is 0 Å². The molecule has 0 bridgehead atoms. The second kappa shape index (κ2) is 9.97. The number of methoxy groups -OCH3 is 1. The Kier molecular flexibility index (Phi) is 6.88. The molecule has 0 saturated carbocycles. The first kappa shape index (κ1) is 21.4. The summed E-state index contributed by atoms with van der Waals surface area (Å²) in [5.74, 6) is 0.650. The number of nitriles is 1. The average molecular weight is 437 g/mol. The molecule has 3 aromatic rings. The Morgan fingerprint density at radius 3 is 2.90 bits per heavy atom. The average Bonchev–Trinajstić information content (AvgIpc) is 3.31. The quantitative estimate of drug-likeness (QED) is 0.535. The van der Waals surface area contributed by atoms with Gasteiger partial charge in [-0.25, -0.2) is 0 Å². The molecule has 1 atom stereocenters. The van der Waals surface area contributed by atoms with Crippen LogP contribution in [0, 0.1) is 11.3 Å². The molecule has 2 N–H and O–H groups in total. The van der Waals surface area contributed by atoms with Crippen molar-refractivity contribution in [1.82, 2.24) is 10.3 Å². The molecule has 1 aromatic heterocycles. The highest BCUT2D eigenvalue weighted by Gasteiger charge is 2.16. The third kappa shape index (κ3) is 5.08. The van der Waals surface area contributed by atoms with Gasteiger partial charge in [0.2, 0.25) is 0 Å². The van der Waals surface area contributed by atoms with Crippen molar-refractivity contribution in [3.05, 3.63) is 64.3 Å². The number of anilines is 1. The lowest BCUT2D eigenvalue weighted by Crippen LogP contribution is -2.26. The third-order valence-corrected chi connectivity index (χ3v) is 5.77. The van der Waals surface area contributed by atoms with Gasteiger partial charge in [0.05, 0.1) is 35.4 Å². The maximum absolute atomic E-state index is 9.36. The number of hydrogen-bond donors (Lipinski definition) is 2. The van der Waals surface area contributed by atoms with Gasteiger partial charge in [-0.3, -0.25) is 4.98 Å². The summed E-state index contributed by atoms with van der Waals surface area (Å²) >= 11 is 6.29. The summed E-state index contributed by atoms with van der Waals surface area (Å²) in [4.78, 5) is 4.60. The number of aromatic nitrogens is 1. The first-order valence-corrected chi connectivity index (χ1v) is 10.8. The van der Waals surface area contributed by atoms with E-state index in [0.29, 0.717) is 29.4 Å². The van der Waals surface area contributed by atoms with Crippen LogP contribution in [0.15, 0.2) is 42.6 Å². The van der Waals surface area contributed by atoms with E-state index in [1.165, 1.54) is 0 Å². The molecule has 0 radical (unpaired) electrons. The summed E-state index contributed by atoms with van der Waals surface area (Å²) in [7, 11) is 1.60. The fraction of sp³-hybridized carbons (Fsp3) is 0.333. The third-order valence-electron chi connectivity index (χ3n) is 5.47. The minimum absolute atomic E-state index is 0.274. The minimum atomic E-state index is 0.274. The number of rotatable bonds is 8. The van der Waals surface area contributed by atoms with Crippen molar-refractivity contribution in [2.24, 2.45) is 0 Å². The van der Waals surface area contributed by atoms with Crippen LogP contribution in [0.4, 0.5) is 5.69 Å². The van der Waals surface area contributed by atoms with E-state index < -0.39 is 0 Å². The molecular formula is C24H25ClN4O2. The predicted octanol–water partition coefficient (Wildman–Crippen LogP) is 4.65. The molecule has 1 saturated heterocycles. The van der Waals surface area contributed by atoms with Crippen LogP contribution in [0.3, 0.4) is 0 Å². The molecule has 0 unspecified atom stereocenters. The van der Waals surface area contributed by atoms with Crippen molar-refractivity contribution >= 4 is 28.2 Å². The topological polar surface area (TPSA) is 79.2 Å². The number of pyridine rings is 1. The highest BCUT2D eigenvalue weighted by atomic mass is 35.5. The summed E-state index contributed by atoms with van der Waals surface area (Å²) in [6, 6.07) is 13.5. The van der Waals surface area contributed by atoms with E-state index in [9.17, 15) is 5.26 Å². The zero-order chi connectivity index (χ0) is 21.6. The van der Waals surface area contributed by atoms with E-state index in [4.69, 9.17) is 21.1 Å². The molecule has 160 valence electrons. The van der Waals surface area contributed by atoms with Crippen molar-refractivity contribution < 1.29 is 9.47 Å². The van der Waals surface area contributed by atoms with Crippen molar-refractivity contribution in [3.8, 4) is 11.8 Å². The first-order chi connectivity index (χ1) is 15.2. The van der Waals surface area contributed by atoms with Crippen molar-refractivity contribution in [1.29, 1.82) is 5.26 Å². The van der Waals surface area contributed by atoms with Crippen LogP contribution in [0.1, 0.15) is 29.5 Å². The molecule has 0 aliphatic carbocycles. The van der Waals surface area contributed by atoms with Crippen LogP contribution in [0.2, 0.25) is 5.02 Å². The van der Waals surface area contributed by atoms with Crippen LogP contribution in [-0.4, -0.2) is 31.3 Å². The Balaban J connectivity index is 1.59. The molecule has 2 aromatic carbocycles. The van der Waals surface area contributed by atoms with Gasteiger partial charge in [-0.1, -0.05) is 17.7 Å². The van der Waals surface area contributed by atoms with Crippen molar-refractivity contribution in [2.45, 2.75) is 32.0 Å². The SMILES string of the molecule is COc1ccc(CNc2c(CNC[C@@H]3CCCO3)cnc3ccc(C#N)cc23)cc1Cl. The number of hydrogen-bond acceptors (Lipinski definition) is 6. The molecule has 2 heterocycles. The fourth-order valence-electron chi connectivity index (χ4n) is 3.83. The Labute approximate surface area is 187 Å². The van der Waals surface area contributed by atoms with Gasteiger partial charge in [-0.2, -0.15) is 5.26 Å². The van der Waals surface area contributed by atoms with E-state index in [1.807, 2.05) is 36.5 Å². The van der Waals surface area contributed by atoms with Crippen LogP contribution in [0.25, 0.3) is 10.9 Å². The highest BCUT2D eigenvalue weighted by Crippen LogP contribution is 2.29. The molecule has 6 nitrogen and oxygen atoms in total. The molecule has 4 rings (SSSR count). The molecule has 1 aliphatic rings. The lowest BCUT2D eigenvalue weighted by molar-refractivity contribution is 0.110. The second-order valence-corrected chi connectivity index (χ2v) is 8.00. The Morgan fingerprint density at radius 2 is 2.16 bits per heavy atom. The van der Waals surface area contributed by atoms with Gasteiger partial charge in [0.1, 0.15) is 5.75 Å². The van der Waals surface area contributed by atoms with Gasteiger partial charge in [0.15, 0.2) is 0 Å². The Morgan fingerprint density at radius 1 is 1.26 bits per heavy atom. The molecule has 1 aliphatic heterocycles. The summed E-state index contributed by atoms with van der Waals surface area (Å²) in [6.45, 7) is 2.89. The number of nitrogens with zero attached hydrogens (tertiary/aromatic N) is 2. The molecule has 31 heavy (non-hydrogen) atoms. The van der Waals surface area contributed by atoms with Gasteiger partial charge in [-0.05, 0) is 48.7 Å². The summed E-state index contributed by atoms with van der Waals surface area (Å²) in [5.41, 5.74) is 4.49. The number of ether oxygens (including phenoxy) is 2. The highest BCUT2D eigenvalue weighted by molar-refractivity contribution is 6.32. The van der Waals surface area contributed by atoms with E-state index in [2.05, 4.69) is 21.7 Å². The molecular weight excluding hydrogens is 412 g/mol. The summed E-state index contributed by atoms with van der Waals surface area (Å²) in [5, 5.41) is 17.9. The molecule has 0 spiro atoms. The number of fused-ring (bicyclic) bond motifs is 1. The smallest absolute Gasteiger partial charge is 0.137 e. The van der Waals surface area contributed by atoms with Gasteiger partial charge >= 0.3 is 0 Å². The van der Waals surface area contributed by atoms with Crippen LogP contribution in [-0.2, 0) is 17.8 Å². The zero-order valence-corrected chi connectivity index (χ0v) is 18.2. The van der Waals surface area contributed by atoms with Gasteiger partial charge in [0.25, 0.3) is 0 Å². The summed E-state index contributed by atoms with van der Waals surface area (Å²) in [6.07, 6.45) is 4.38. The van der Waals surface area contributed by atoms with Crippen LogP contribution >= 0.6 is 11.6 Å². The predicted molar refractivity (Wildman–Crippen MR) is 122 cm³/mol. The Bertz CT molecular complexity index is 1110. The fourth-order valence-corrected chi connectivity index (χ4v) is 4.11. The van der Waals surface area contributed by atoms with Gasteiger partial charge in [-0.15, -0.1) is 0 Å². The van der Waals surface area contributed by atoms with Crippen LogP contribution < -0.4 is 15.4 Å². The van der Waals surface area contributed by atoms with Gasteiger partial charge < -0.3 is 20.1 Å². The Hall–Kier alpha value is -2.85. The molecule has 1 fully saturated rings. The molecule has 0 amide bonds. The van der Waals surface area contributed by atoms with E-state index in [0.717, 1.165) is 53.7 Å². The largest absolute Gasteiger partial charge is 0.495 e. The first-order valence-electron chi connectivity index (χ1n) is 10.4. The summed E-state index contributed by atoms with van der Waals surface area (Å²) < 4.78 is 10.9. The standard InChI is InChI=1S/C24H25ClN4O2/c1-30-23-7-5-17(10-21(23)25)12-29-24-18(13-27-15-19-3-2-8-31-19)14-28-22-6-4-16(11-26)9-20(22)24/h4-7,9-10,14,19,27H,2-3,8,12-13,15H2,1H3,(H,28,29)/t19-/m0/s1. The lowest BCUT2D eigenvalue weighted by atomic mass is 10.1. The molecule has 7 heteroatoms. The zero-order valence-electron chi connectivity index (χ0n) is 17.5. The monoisotopic (exact) mass is 436 g/mol. The van der Waals surface area contributed by atoms with Gasteiger partial charge in [0, 0.05) is 49.1 Å².